The molecule has 4 heterocycles. The minimum atomic E-state index is -3.08. The molecule has 1 N–H and O–H groups in total. The Morgan fingerprint density at radius 3 is 2.66 bits per heavy atom. The monoisotopic (exact) mass is 420 g/mol. The number of hydrogen-bond acceptors (Lipinski definition) is 7. The molecule has 1 fully saturated rings. The first-order valence-electron chi connectivity index (χ1n) is 8.67. The molecule has 0 aromatic carbocycles. The normalized spacial score (nSPS) is 18.0. The highest BCUT2D eigenvalue weighted by Gasteiger charge is 2.51. The van der Waals surface area contributed by atoms with Crippen molar-refractivity contribution in [3.63, 3.8) is 0 Å². The van der Waals surface area contributed by atoms with E-state index in [1.165, 1.54) is 35.8 Å². The van der Waals surface area contributed by atoms with Crippen LogP contribution in [0.5, 0.6) is 0 Å². The van der Waals surface area contributed by atoms with Gasteiger partial charge in [-0.1, -0.05) is 11.6 Å². The van der Waals surface area contributed by atoms with Crippen molar-refractivity contribution >= 4 is 23.5 Å². The molecule has 9 nitrogen and oxygen atoms in total. The van der Waals surface area contributed by atoms with Crippen molar-refractivity contribution in [3.05, 3.63) is 53.8 Å². The molecule has 12 heteroatoms. The Kier molecular flexibility index (Phi) is 5.05. The molecule has 150 valence electrons. The van der Waals surface area contributed by atoms with Crippen LogP contribution in [0.25, 0.3) is 5.69 Å². The fourth-order valence-electron chi connectivity index (χ4n) is 3.11. The van der Waals surface area contributed by atoms with E-state index in [-0.39, 0.29) is 24.7 Å². The number of carbonyl (C=O) groups is 1. The summed E-state index contributed by atoms with van der Waals surface area (Å²) in [6, 6.07) is 1.82. The van der Waals surface area contributed by atoms with Crippen LogP contribution in [-0.4, -0.2) is 65.8 Å². The van der Waals surface area contributed by atoms with Gasteiger partial charge < -0.3 is 10.2 Å². The number of likely N-dealkylation sites (tertiary alicyclic amines) is 1. The number of carbonyl (C=O) groups excluding carboxylic acids is 1. The Morgan fingerprint density at radius 2 is 1.93 bits per heavy atom. The minimum absolute atomic E-state index is 0.00542. The van der Waals surface area contributed by atoms with E-state index in [1.807, 2.05) is 0 Å². The lowest BCUT2D eigenvalue weighted by molar-refractivity contribution is -0.0249. The highest BCUT2D eigenvalue weighted by molar-refractivity contribution is 6.30. The maximum absolute atomic E-state index is 14.5. The van der Waals surface area contributed by atoms with E-state index in [2.05, 4.69) is 30.5 Å². The van der Waals surface area contributed by atoms with Crippen LogP contribution < -0.4 is 5.32 Å². The van der Waals surface area contributed by atoms with E-state index < -0.39 is 24.3 Å². The first-order valence-corrected chi connectivity index (χ1v) is 9.05. The fraction of sp³-hybridized carbons (Fsp3) is 0.294. The lowest BCUT2D eigenvalue weighted by atomic mass is 10.1. The number of anilines is 1. The predicted molar refractivity (Wildman–Crippen MR) is 99.1 cm³/mol. The van der Waals surface area contributed by atoms with Gasteiger partial charge in [0.1, 0.15) is 11.7 Å². The molecular formula is C17H15ClF2N8O. The number of halogens is 3. The van der Waals surface area contributed by atoms with Crippen molar-refractivity contribution in [3.8, 4) is 5.69 Å². The van der Waals surface area contributed by atoms with Gasteiger partial charge in [-0.25, -0.2) is 23.7 Å². The van der Waals surface area contributed by atoms with Gasteiger partial charge in [0.25, 0.3) is 11.8 Å². The quantitative estimate of drug-likeness (QED) is 0.674. The SMILES string of the molecule is O=C(c1ncccc1-n1nccn1)N1CCC(F)(F)C1CNc1ncc(Cl)cn1. The Bertz CT molecular complexity index is 999. The molecule has 1 amide bonds. The van der Waals surface area contributed by atoms with Gasteiger partial charge in [0.15, 0.2) is 5.69 Å². The molecule has 1 saturated heterocycles. The van der Waals surface area contributed by atoms with Crippen molar-refractivity contribution in [2.24, 2.45) is 0 Å². The van der Waals surface area contributed by atoms with Crippen LogP contribution in [0.1, 0.15) is 16.9 Å². The highest BCUT2D eigenvalue weighted by Crippen LogP contribution is 2.35. The molecule has 3 aromatic heterocycles. The molecule has 29 heavy (non-hydrogen) atoms. The van der Waals surface area contributed by atoms with Crippen LogP contribution in [0, 0.1) is 0 Å². The first kappa shape index (κ1) is 19.1. The Hall–Kier alpha value is -3.21. The number of nitrogens with one attached hydrogen (secondary N) is 1. The van der Waals surface area contributed by atoms with Crippen LogP contribution in [0.2, 0.25) is 5.02 Å². The average molecular weight is 421 g/mol. The lowest BCUT2D eigenvalue weighted by Crippen LogP contribution is -2.47. The summed E-state index contributed by atoms with van der Waals surface area (Å²) >= 11 is 5.73. The molecule has 1 aliphatic heterocycles. The number of rotatable bonds is 5. The van der Waals surface area contributed by atoms with Crippen LogP contribution in [-0.2, 0) is 0 Å². The molecule has 4 rings (SSSR count). The Morgan fingerprint density at radius 1 is 1.21 bits per heavy atom. The van der Waals surface area contributed by atoms with Gasteiger partial charge in [-0.15, -0.1) is 4.80 Å². The molecular weight excluding hydrogens is 406 g/mol. The van der Waals surface area contributed by atoms with Crippen molar-refractivity contribution < 1.29 is 13.6 Å². The minimum Gasteiger partial charge on any atom is -0.352 e. The second-order valence-corrected chi connectivity index (χ2v) is 6.76. The number of alkyl halides is 2. The van der Waals surface area contributed by atoms with Crippen LogP contribution in [0.4, 0.5) is 14.7 Å². The topological polar surface area (TPSA) is 102 Å². The molecule has 1 atom stereocenters. The smallest absolute Gasteiger partial charge is 0.275 e. The molecule has 1 aliphatic rings. The van der Waals surface area contributed by atoms with E-state index in [0.29, 0.717) is 10.7 Å². The van der Waals surface area contributed by atoms with Crippen LogP contribution in [0.3, 0.4) is 0 Å². The number of nitrogens with zero attached hydrogens (tertiary/aromatic N) is 7. The summed E-state index contributed by atoms with van der Waals surface area (Å²) < 4.78 is 29.1. The van der Waals surface area contributed by atoms with E-state index in [1.54, 1.807) is 12.1 Å². The third-order valence-corrected chi connectivity index (χ3v) is 4.70. The maximum atomic E-state index is 14.5. The standard InChI is InChI=1S/C17H15ClF2N8O/c18-11-8-22-16(23-9-11)24-10-13-17(19,20)3-7-27(13)15(29)14-12(2-1-4-21-14)28-25-5-6-26-28/h1-2,4-6,8-9,13H,3,7,10H2,(H,22,23,24). The molecule has 0 saturated carbocycles. The van der Waals surface area contributed by atoms with Gasteiger partial charge in [0.05, 0.1) is 29.8 Å². The van der Waals surface area contributed by atoms with E-state index in [4.69, 9.17) is 11.6 Å². The zero-order valence-corrected chi connectivity index (χ0v) is 15.7. The largest absolute Gasteiger partial charge is 0.352 e. The summed E-state index contributed by atoms with van der Waals surface area (Å²) in [5, 5.41) is 11.1. The molecule has 0 radical (unpaired) electrons. The van der Waals surface area contributed by atoms with Gasteiger partial charge in [0, 0.05) is 25.7 Å². The zero-order chi connectivity index (χ0) is 20.4. The molecule has 0 spiro atoms. The first-order chi connectivity index (χ1) is 14.0. The average Bonchev–Trinajstić information content (AvgIpc) is 3.35. The third kappa shape index (κ3) is 3.86. The van der Waals surface area contributed by atoms with Crippen molar-refractivity contribution in [2.45, 2.75) is 18.4 Å². The highest BCUT2D eigenvalue weighted by atomic mass is 35.5. The van der Waals surface area contributed by atoms with E-state index >= 15 is 0 Å². The van der Waals surface area contributed by atoms with Gasteiger partial charge >= 0.3 is 0 Å². The zero-order valence-electron chi connectivity index (χ0n) is 14.9. The summed E-state index contributed by atoms with van der Waals surface area (Å²) in [7, 11) is 0. The van der Waals surface area contributed by atoms with Gasteiger partial charge in [-0.3, -0.25) is 4.79 Å². The van der Waals surface area contributed by atoms with Crippen molar-refractivity contribution in [1.29, 1.82) is 0 Å². The summed E-state index contributed by atoms with van der Waals surface area (Å²) in [4.78, 5) is 27.4. The predicted octanol–water partition coefficient (Wildman–Crippen LogP) is 2.07. The molecule has 0 bridgehead atoms. The van der Waals surface area contributed by atoms with Crippen molar-refractivity contribution in [1.82, 2.24) is 34.8 Å². The molecule has 1 unspecified atom stereocenters. The summed E-state index contributed by atoms with van der Waals surface area (Å²) in [5.74, 6) is -3.56. The van der Waals surface area contributed by atoms with Gasteiger partial charge in [0.2, 0.25) is 5.95 Å². The summed E-state index contributed by atoms with van der Waals surface area (Å²) in [6.45, 7) is -0.342. The van der Waals surface area contributed by atoms with E-state index in [9.17, 15) is 13.6 Å². The van der Waals surface area contributed by atoms with Crippen LogP contribution in [0.15, 0.2) is 43.1 Å². The molecule has 0 aliphatic carbocycles. The number of pyridine rings is 1. The summed E-state index contributed by atoms with van der Waals surface area (Å²) in [6.07, 6.45) is 6.57. The molecule has 3 aromatic rings. The Labute approximate surface area is 168 Å². The fourth-order valence-corrected chi connectivity index (χ4v) is 3.21. The second-order valence-electron chi connectivity index (χ2n) is 6.32. The van der Waals surface area contributed by atoms with E-state index in [0.717, 1.165) is 4.90 Å². The Balaban J connectivity index is 1.58. The van der Waals surface area contributed by atoms with Gasteiger partial charge in [-0.2, -0.15) is 10.2 Å². The number of amides is 1. The maximum Gasteiger partial charge on any atom is 0.275 e. The second kappa shape index (κ2) is 7.66. The van der Waals surface area contributed by atoms with Crippen LogP contribution >= 0.6 is 11.6 Å². The number of aromatic nitrogens is 6. The third-order valence-electron chi connectivity index (χ3n) is 4.51. The number of hydrogen-bond donors (Lipinski definition) is 1. The van der Waals surface area contributed by atoms with Crippen molar-refractivity contribution in [2.75, 3.05) is 18.4 Å². The van der Waals surface area contributed by atoms with Gasteiger partial charge in [-0.05, 0) is 12.1 Å². The summed E-state index contributed by atoms with van der Waals surface area (Å²) in [5.41, 5.74) is 0.305. The lowest BCUT2D eigenvalue weighted by Gasteiger charge is -2.28.